The van der Waals surface area contributed by atoms with Crippen molar-refractivity contribution in [1.82, 2.24) is 4.57 Å². The Morgan fingerprint density at radius 3 is 1.73 bits per heavy atom. The molecule has 1 aliphatic heterocycles. The summed E-state index contributed by atoms with van der Waals surface area (Å²) in [4.78, 5) is 63.4. The molecule has 3 aromatic rings. The van der Waals surface area contributed by atoms with Gasteiger partial charge >= 0.3 is 23.9 Å². The zero-order valence-electron chi connectivity index (χ0n) is 21.9. The molecule has 0 saturated carbocycles. The van der Waals surface area contributed by atoms with E-state index in [1.807, 2.05) is 0 Å². The first kappa shape index (κ1) is 28.0. The van der Waals surface area contributed by atoms with Gasteiger partial charge in [0.1, 0.15) is 10.5 Å². The van der Waals surface area contributed by atoms with Crippen LogP contribution in [0.4, 0.5) is 0 Å². The number of fused-ring (bicyclic) bond motifs is 1. The third-order valence-corrected chi connectivity index (χ3v) is 7.36. The van der Waals surface area contributed by atoms with Crippen molar-refractivity contribution in [3.05, 3.63) is 95.9 Å². The van der Waals surface area contributed by atoms with Crippen molar-refractivity contribution in [3.63, 3.8) is 0 Å². The molecule has 0 saturated heterocycles. The van der Waals surface area contributed by atoms with Crippen LogP contribution in [0.2, 0.25) is 0 Å². The van der Waals surface area contributed by atoms with E-state index in [1.54, 1.807) is 42.5 Å². The van der Waals surface area contributed by atoms with E-state index in [-0.39, 0.29) is 31.7 Å². The lowest BCUT2D eigenvalue weighted by Crippen LogP contribution is -2.41. The SMILES string of the molecule is COC(=O)C1=C(N)n2c(s/c(=C\c3ccc(C(=O)OC)cc3)c2=O)=C(C(=O)OC)C1c1ccc(C(=O)OC)cc1. The first-order valence-corrected chi connectivity index (χ1v) is 12.5. The number of carbonyl (C=O) groups is 4. The van der Waals surface area contributed by atoms with Gasteiger partial charge in [-0.05, 0) is 41.5 Å². The molecule has 0 aliphatic carbocycles. The molecule has 4 rings (SSSR count). The highest BCUT2D eigenvalue weighted by Crippen LogP contribution is 2.37. The van der Waals surface area contributed by atoms with Crippen molar-refractivity contribution < 1.29 is 38.1 Å². The number of benzene rings is 2. The maximum Gasteiger partial charge on any atom is 0.338 e. The number of nitrogens with zero attached hydrogens (tertiary/aromatic N) is 1. The van der Waals surface area contributed by atoms with E-state index in [0.717, 1.165) is 23.0 Å². The zero-order valence-corrected chi connectivity index (χ0v) is 22.7. The molecule has 206 valence electrons. The summed E-state index contributed by atoms with van der Waals surface area (Å²) in [5.74, 6) is -4.00. The Kier molecular flexibility index (Phi) is 8.00. The standard InChI is InChI=1S/C28H24N2O9S/c1-36-25(32)16-7-5-14(6-8-16)13-18-23(31)30-22(29)20(27(34)38-3)19(21(24(30)40-18)28(35)39-4)15-9-11-17(12-10-15)26(33)37-2/h5-13,19H,29H2,1-4H3/b18-13-. The molecule has 1 atom stereocenters. The molecular weight excluding hydrogens is 540 g/mol. The summed E-state index contributed by atoms with van der Waals surface area (Å²) in [5, 5.41) is 0. The monoisotopic (exact) mass is 564 g/mol. The average Bonchev–Trinajstić information content (AvgIpc) is 3.31. The third kappa shape index (κ3) is 4.92. The van der Waals surface area contributed by atoms with Gasteiger partial charge in [0.05, 0.1) is 61.2 Å². The van der Waals surface area contributed by atoms with Gasteiger partial charge in [-0.1, -0.05) is 24.3 Å². The molecule has 0 fully saturated rings. The topological polar surface area (TPSA) is 153 Å². The molecule has 11 nitrogen and oxygen atoms in total. The predicted octanol–water partition coefficient (Wildman–Crippen LogP) is 0.733. The Morgan fingerprint density at radius 1 is 0.750 bits per heavy atom. The molecule has 1 aromatic heterocycles. The fourth-order valence-electron chi connectivity index (χ4n) is 4.31. The molecule has 2 N–H and O–H groups in total. The van der Waals surface area contributed by atoms with Gasteiger partial charge in [0.25, 0.3) is 5.56 Å². The van der Waals surface area contributed by atoms with Gasteiger partial charge in [-0.2, -0.15) is 0 Å². The van der Waals surface area contributed by atoms with Crippen molar-refractivity contribution in [2.45, 2.75) is 5.92 Å². The number of nitrogens with two attached hydrogens (primary N) is 1. The lowest BCUT2D eigenvalue weighted by Gasteiger charge is -2.26. The number of hydrogen-bond donors (Lipinski definition) is 1. The predicted molar refractivity (Wildman–Crippen MR) is 145 cm³/mol. The van der Waals surface area contributed by atoms with Gasteiger partial charge in [0.15, 0.2) is 0 Å². The van der Waals surface area contributed by atoms with Gasteiger partial charge < -0.3 is 24.7 Å². The van der Waals surface area contributed by atoms with Gasteiger partial charge in [0, 0.05) is 0 Å². The van der Waals surface area contributed by atoms with Crippen LogP contribution in [0.3, 0.4) is 0 Å². The number of hydrogen-bond acceptors (Lipinski definition) is 11. The second-order valence-corrected chi connectivity index (χ2v) is 9.44. The minimum Gasteiger partial charge on any atom is -0.466 e. The van der Waals surface area contributed by atoms with E-state index in [4.69, 9.17) is 24.7 Å². The molecule has 0 radical (unpaired) electrons. The molecule has 2 aromatic carbocycles. The molecule has 1 unspecified atom stereocenters. The van der Waals surface area contributed by atoms with Crippen molar-refractivity contribution in [2.24, 2.45) is 5.73 Å². The molecule has 40 heavy (non-hydrogen) atoms. The highest BCUT2D eigenvalue weighted by Gasteiger charge is 2.39. The molecule has 12 heteroatoms. The number of aromatic nitrogens is 1. The maximum atomic E-state index is 13.5. The summed E-state index contributed by atoms with van der Waals surface area (Å²) in [7, 11) is 4.85. The second-order valence-electron chi connectivity index (χ2n) is 8.41. The van der Waals surface area contributed by atoms with Crippen molar-refractivity contribution in [2.75, 3.05) is 28.4 Å². The van der Waals surface area contributed by atoms with E-state index in [1.165, 1.54) is 33.5 Å². The smallest absolute Gasteiger partial charge is 0.338 e. The maximum absolute atomic E-state index is 13.5. The number of thiazole rings is 1. The first-order chi connectivity index (χ1) is 19.2. The Morgan fingerprint density at radius 2 is 1.23 bits per heavy atom. The summed E-state index contributed by atoms with van der Waals surface area (Å²) in [5.41, 5.74) is 7.29. The zero-order chi connectivity index (χ0) is 29.1. The summed E-state index contributed by atoms with van der Waals surface area (Å²) < 4.78 is 20.9. The number of ether oxygens (including phenoxy) is 4. The van der Waals surface area contributed by atoms with Gasteiger partial charge in [-0.25, -0.2) is 19.2 Å². The van der Waals surface area contributed by atoms with Crippen LogP contribution in [-0.4, -0.2) is 56.9 Å². The highest BCUT2D eigenvalue weighted by molar-refractivity contribution is 7.07. The normalized spacial score (nSPS) is 14.8. The minimum absolute atomic E-state index is 0.00860. The van der Waals surface area contributed by atoms with Crippen LogP contribution in [-0.2, 0) is 28.5 Å². The van der Waals surface area contributed by atoms with Crippen LogP contribution < -0.4 is 20.5 Å². The summed E-state index contributed by atoms with van der Waals surface area (Å²) in [6.07, 6.45) is 1.57. The van der Waals surface area contributed by atoms with Crippen LogP contribution in [0.5, 0.6) is 0 Å². The Labute approximate surface area is 231 Å². The van der Waals surface area contributed by atoms with Gasteiger partial charge in [-0.3, -0.25) is 9.36 Å². The van der Waals surface area contributed by atoms with E-state index in [2.05, 4.69) is 0 Å². The molecule has 0 amide bonds. The fourth-order valence-corrected chi connectivity index (χ4v) is 5.48. The Balaban J connectivity index is 2.01. The van der Waals surface area contributed by atoms with Crippen LogP contribution in [0, 0.1) is 0 Å². The van der Waals surface area contributed by atoms with Gasteiger partial charge in [0.2, 0.25) is 0 Å². The molecule has 1 aliphatic rings. The van der Waals surface area contributed by atoms with E-state index < -0.39 is 35.4 Å². The number of rotatable bonds is 6. The van der Waals surface area contributed by atoms with Gasteiger partial charge in [-0.15, -0.1) is 11.3 Å². The summed E-state index contributed by atoms with van der Waals surface area (Å²) in [6.45, 7) is 0. The lowest BCUT2D eigenvalue weighted by atomic mass is 9.83. The molecule has 0 bridgehead atoms. The minimum atomic E-state index is -1.07. The molecule has 2 heterocycles. The summed E-state index contributed by atoms with van der Waals surface area (Å²) >= 11 is 0.984. The number of esters is 4. The van der Waals surface area contributed by atoms with Crippen molar-refractivity contribution in [3.8, 4) is 0 Å². The quantitative estimate of drug-likeness (QED) is 0.335. The van der Waals surface area contributed by atoms with E-state index >= 15 is 0 Å². The van der Waals surface area contributed by atoms with Crippen LogP contribution in [0.25, 0.3) is 17.5 Å². The van der Waals surface area contributed by atoms with Crippen LogP contribution >= 0.6 is 11.3 Å². The highest BCUT2D eigenvalue weighted by atomic mass is 32.1. The number of methoxy groups -OCH3 is 4. The third-order valence-electron chi connectivity index (χ3n) is 6.25. The first-order valence-electron chi connectivity index (χ1n) is 11.7. The van der Waals surface area contributed by atoms with Crippen molar-refractivity contribution in [1.29, 1.82) is 0 Å². The fraction of sp³-hybridized carbons (Fsp3) is 0.179. The lowest BCUT2D eigenvalue weighted by molar-refractivity contribution is -0.136. The average molecular weight is 565 g/mol. The Bertz CT molecular complexity index is 1730. The van der Waals surface area contributed by atoms with Crippen LogP contribution in [0.1, 0.15) is 37.8 Å². The van der Waals surface area contributed by atoms with Crippen molar-refractivity contribution >= 4 is 52.7 Å². The Hall–Kier alpha value is -4.97. The summed E-state index contributed by atoms with van der Waals surface area (Å²) in [6, 6.07) is 12.4. The van der Waals surface area contributed by atoms with Crippen LogP contribution in [0.15, 0.2) is 58.9 Å². The van der Waals surface area contributed by atoms with E-state index in [9.17, 15) is 24.0 Å². The molecule has 0 spiro atoms. The molecular formula is C28H24N2O9S. The second kappa shape index (κ2) is 11.4. The number of carbonyl (C=O) groups excluding carboxylic acids is 4. The van der Waals surface area contributed by atoms with E-state index in [0.29, 0.717) is 16.7 Å². The largest absolute Gasteiger partial charge is 0.466 e.